The molecule has 1 heterocycles. The predicted molar refractivity (Wildman–Crippen MR) is 158 cm³/mol. The van der Waals surface area contributed by atoms with Crippen molar-refractivity contribution >= 4 is 45.1 Å². The molecule has 1 aliphatic heterocycles. The Bertz CT molecular complexity index is 1360. The number of hydrogen-bond donors (Lipinski definition) is 0. The number of methoxy groups -OCH3 is 1. The van der Waals surface area contributed by atoms with Crippen molar-refractivity contribution in [3.8, 4) is 0 Å². The maximum absolute atomic E-state index is 14.5. The Morgan fingerprint density at radius 2 is 1.75 bits per heavy atom. The van der Waals surface area contributed by atoms with E-state index in [2.05, 4.69) is 0 Å². The zero-order valence-electron chi connectivity index (χ0n) is 23.7. The molecule has 0 aromatic heterocycles. The van der Waals surface area contributed by atoms with E-state index >= 15 is 0 Å². The van der Waals surface area contributed by atoms with Crippen LogP contribution in [0, 0.1) is 5.41 Å². The van der Waals surface area contributed by atoms with E-state index in [1.165, 1.54) is 11.4 Å². The molecule has 1 amide bonds. The van der Waals surface area contributed by atoms with Gasteiger partial charge in [0.15, 0.2) is 0 Å². The molecule has 4 rings (SSSR count). The number of likely N-dealkylation sites (tertiary alicyclic amines) is 1. The summed E-state index contributed by atoms with van der Waals surface area (Å²) in [6.07, 6.45) is 2.06. The van der Waals surface area contributed by atoms with E-state index in [4.69, 9.17) is 27.9 Å². The van der Waals surface area contributed by atoms with Crippen LogP contribution in [-0.2, 0) is 24.3 Å². The van der Waals surface area contributed by atoms with Gasteiger partial charge in [0, 0.05) is 35.6 Å². The third-order valence-electron chi connectivity index (χ3n) is 8.67. The number of amides is 1. The van der Waals surface area contributed by atoms with Gasteiger partial charge in [-0.05, 0) is 68.0 Å². The molecular weight excluding hydrogens is 571 g/mol. The number of rotatable bonds is 10. The van der Waals surface area contributed by atoms with Crippen molar-refractivity contribution in [1.29, 1.82) is 0 Å². The SMILES string of the molecule is CC[C@@H](CN(C)S(=O)(=O)C1(C)CC1)N1C(=O)[C@@](C)(CC(=O)OC)C[C@H](c2cccc(Cl)c2)[C@H]1c1ccc(Cl)cc1. The maximum Gasteiger partial charge on any atom is 0.306 e. The smallest absolute Gasteiger partial charge is 0.306 e. The zero-order valence-corrected chi connectivity index (χ0v) is 26.0. The molecule has 1 aliphatic carbocycles. The van der Waals surface area contributed by atoms with Gasteiger partial charge in [0.2, 0.25) is 15.9 Å². The van der Waals surface area contributed by atoms with E-state index in [-0.39, 0.29) is 24.8 Å². The van der Waals surface area contributed by atoms with E-state index < -0.39 is 38.2 Å². The first-order valence-electron chi connectivity index (χ1n) is 13.6. The molecule has 0 bridgehead atoms. The highest BCUT2D eigenvalue weighted by Gasteiger charge is 2.55. The second kappa shape index (κ2) is 11.6. The molecule has 1 saturated heterocycles. The van der Waals surface area contributed by atoms with Crippen LogP contribution in [0.15, 0.2) is 48.5 Å². The Hall–Kier alpha value is -2.13. The van der Waals surface area contributed by atoms with Crippen molar-refractivity contribution in [3.05, 3.63) is 69.7 Å². The van der Waals surface area contributed by atoms with E-state index in [9.17, 15) is 18.0 Å². The molecule has 2 fully saturated rings. The number of nitrogens with zero attached hydrogens (tertiary/aromatic N) is 2. The lowest BCUT2D eigenvalue weighted by molar-refractivity contribution is -0.161. The minimum absolute atomic E-state index is 0.0914. The number of hydrogen-bond acceptors (Lipinski definition) is 5. The highest BCUT2D eigenvalue weighted by molar-refractivity contribution is 7.90. The van der Waals surface area contributed by atoms with Gasteiger partial charge in [-0.15, -0.1) is 0 Å². The Morgan fingerprint density at radius 1 is 1.10 bits per heavy atom. The van der Waals surface area contributed by atoms with Crippen molar-refractivity contribution in [2.24, 2.45) is 5.41 Å². The van der Waals surface area contributed by atoms with E-state index in [0.29, 0.717) is 35.7 Å². The third-order valence-corrected chi connectivity index (χ3v) is 11.8. The highest BCUT2D eigenvalue weighted by Crippen LogP contribution is 2.52. The van der Waals surface area contributed by atoms with Crippen LogP contribution >= 0.6 is 23.2 Å². The largest absolute Gasteiger partial charge is 0.469 e. The summed E-state index contributed by atoms with van der Waals surface area (Å²) in [4.78, 5) is 28.9. The number of sulfonamides is 1. The summed E-state index contributed by atoms with van der Waals surface area (Å²) in [5.74, 6) is -0.907. The number of benzene rings is 2. The molecule has 2 aromatic carbocycles. The van der Waals surface area contributed by atoms with Crippen LogP contribution in [0.25, 0.3) is 0 Å². The molecule has 2 aromatic rings. The van der Waals surface area contributed by atoms with Gasteiger partial charge in [-0.2, -0.15) is 0 Å². The highest BCUT2D eigenvalue weighted by atomic mass is 35.5. The van der Waals surface area contributed by atoms with Crippen LogP contribution in [0.5, 0.6) is 0 Å². The normalized spacial score (nSPS) is 25.1. The van der Waals surface area contributed by atoms with Crippen molar-refractivity contribution in [3.63, 3.8) is 0 Å². The number of carbonyl (C=O) groups excluding carboxylic acids is 2. The Labute approximate surface area is 247 Å². The first-order chi connectivity index (χ1) is 18.8. The third kappa shape index (κ3) is 5.91. The van der Waals surface area contributed by atoms with Gasteiger partial charge in [-0.3, -0.25) is 9.59 Å². The van der Waals surface area contributed by atoms with E-state index in [1.54, 1.807) is 39.1 Å². The van der Waals surface area contributed by atoms with Gasteiger partial charge in [-0.25, -0.2) is 12.7 Å². The lowest BCUT2D eigenvalue weighted by Gasteiger charge is -2.52. The van der Waals surface area contributed by atoms with Gasteiger partial charge >= 0.3 is 5.97 Å². The van der Waals surface area contributed by atoms with Crippen LogP contribution in [0.2, 0.25) is 10.0 Å². The van der Waals surface area contributed by atoms with Gasteiger partial charge < -0.3 is 9.64 Å². The number of ether oxygens (including phenoxy) is 1. The van der Waals surface area contributed by atoms with Gasteiger partial charge in [-0.1, -0.05) is 61.3 Å². The molecule has 7 nitrogen and oxygen atoms in total. The summed E-state index contributed by atoms with van der Waals surface area (Å²) >= 11 is 12.7. The first-order valence-corrected chi connectivity index (χ1v) is 15.8. The summed E-state index contributed by atoms with van der Waals surface area (Å²) < 4.78 is 32.4. The van der Waals surface area contributed by atoms with Crippen molar-refractivity contribution in [2.75, 3.05) is 20.7 Å². The second-order valence-electron chi connectivity index (χ2n) is 11.7. The molecule has 0 radical (unpaired) electrons. The first kappa shape index (κ1) is 30.8. The summed E-state index contributed by atoms with van der Waals surface area (Å²) in [6, 6.07) is 14.1. The fraction of sp³-hybridized carbons (Fsp3) is 0.533. The van der Waals surface area contributed by atoms with Gasteiger partial charge in [0.05, 0.1) is 29.7 Å². The van der Waals surface area contributed by atoms with Crippen molar-refractivity contribution in [1.82, 2.24) is 9.21 Å². The van der Waals surface area contributed by atoms with Crippen LogP contribution in [0.3, 0.4) is 0 Å². The van der Waals surface area contributed by atoms with Crippen LogP contribution in [-0.4, -0.2) is 61.0 Å². The van der Waals surface area contributed by atoms with E-state index in [0.717, 1.165) is 11.1 Å². The molecule has 2 aliphatic rings. The number of carbonyl (C=O) groups is 2. The molecule has 10 heteroatoms. The summed E-state index contributed by atoms with van der Waals surface area (Å²) in [5.41, 5.74) is 0.736. The van der Waals surface area contributed by atoms with Crippen LogP contribution < -0.4 is 0 Å². The minimum Gasteiger partial charge on any atom is -0.469 e. The Morgan fingerprint density at radius 3 is 2.30 bits per heavy atom. The molecule has 0 N–H and O–H groups in total. The molecule has 0 unspecified atom stereocenters. The summed E-state index contributed by atoms with van der Waals surface area (Å²) in [6.45, 7) is 5.66. The quantitative estimate of drug-likeness (QED) is 0.299. The lowest BCUT2D eigenvalue weighted by atomic mass is 9.67. The molecular formula is C30H38Cl2N2O5S. The topological polar surface area (TPSA) is 84.0 Å². The van der Waals surface area contributed by atoms with Crippen LogP contribution in [0.1, 0.15) is 76.0 Å². The summed E-state index contributed by atoms with van der Waals surface area (Å²) in [7, 11) is -0.644. The maximum atomic E-state index is 14.5. The second-order valence-corrected chi connectivity index (χ2v) is 15.1. The van der Waals surface area contributed by atoms with Gasteiger partial charge in [0.25, 0.3) is 0 Å². The molecule has 218 valence electrons. The van der Waals surface area contributed by atoms with Crippen molar-refractivity contribution in [2.45, 2.75) is 75.6 Å². The molecule has 0 spiro atoms. The Balaban J connectivity index is 1.86. The number of piperidine rings is 1. The average Bonchev–Trinajstić information content (AvgIpc) is 3.68. The van der Waals surface area contributed by atoms with Crippen LogP contribution in [0.4, 0.5) is 0 Å². The monoisotopic (exact) mass is 608 g/mol. The van der Waals surface area contributed by atoms with Gasteiger partial charge in [0.1, 0.15) is 0 Å². The van der Waals surface area contributed by atoms with E-state index in [1.807, 2.05) is 42.2 Å². The number of halogens is 2. The standard InChI is InChI=1S/C30H38Cl2N2O5S/c1-6-24(19-33(4)40(37,38)30(3)14-15-30)34-27(20-10-12-22(31)13-11-20)25(21-8-7-9-23(32)16-21)17-29(2,28(34)36)18-26(35)39-5/h7-13,16,24-25,27H,6,14-15,17-19H2,1-5H3/t24-,25+,27+,29+/m0/s1. The average molecular weight is 610 g/mol. The fourth-order valence-electron chi connectivity index (χ4n) is 5.96. The molecule has 4 atom stereocenters. The molecule has 40 heavy (non-hydrogen) atoms. The number of esters is 1. The number of likely N-dealkylation sites (N-methyl/N-ethyl adjacent to an activating group) is 1. The fourth-order valence-corrected chi connectivity index (χ4v) is 8.02. The Kier molecular flexibility index (Phi) is 8.96. The predicted octanol–water partition coefficient (Wildman–Crippen LogP) is 6.21. The lowest BCUT2D eigenvalue weighted by Crippen LogP contribution is -2.58. The molecule has 1 saturated carbocycles. The minimum atomic E-state index is -3.55. The van der Waals surface area contributed by atoms with Crippen molar-refractivity contribution < 1.29 is 22.7 Å². The zero-order chi connectivity index (χ0) is 29.5. The summed E-state index contributed by atoms with van der Waals surface area (Å²) in [5, 5.41) is 1.14.